The van der Waals surface area contributed by atoms with E-state index >= 15 is 0 Å². The first kappa shape index (κ1) is 19.9. The van der Waals surface area contributed by atoms with E-state index in [0.29, 0.717) is 22.3 Å². The number of ketones is 2. The van der Waals surface area contributed by atoms with Gasteiger partial charge in [0.25, 0.3) is 0 Å². The minimum Gasteiger partial charge on any atom is -0.289 e. The highest BCUT2D eigenvalue weighted by atomic mass is 16.1. The molecule has 3 aromatic carbocycles. The van der Waals surface area contributed by atoms with Gasteiger partial charge in [0.05, 0.1) is 0 Å². The van der Waals surface area contributed by atoms with Crippen molar-refractivity contribution in [3.63, 3.8) is 0 Å². The largest absolute Gasteiger partial charge is 0.289 e. The molecule has 0 saturated carbocycles. The van der Waals surface area contributed by atoms with E-state index < -0.39 is 0 Å². The molecule has 2 nitrogen and oxygen atoms in total. The monoisotopic (exact) mass is 408 g/mol. The SMILES string of the molecule is CCCCC1(CCCC)c2ccccc2-c2cc3c(cc21)C(=O)c1ccccc1C3=O. The fourth-order valence-corrected chi connectivity index (χ4v) is 5.66. The Hall–Kier alpha value is -3.00. The van der Waals surface area contributed by atoms with Crippen LogP contribution in [0.3, 0.4) is 0 Å². The number of unbranched alkanes of at least 4 members (excludes halogenated alkanes) is 2. The van der Waals surface area contributed by atoms with Crippen molar-refractivity contribution in [1.29, 1.82) is 0 Å². The van der Waals surface area contributed by atoms with Gasteiger partial charge in [-0.2, -0.15) is 0 Å². The van der Waals surface area contributed by atoms with E-state index in [4.69, 9.17) is 0 Å². The third-order valence-corrected chi connectivity index (χ3v) is 7.23. The summed E-state index contributed by atoms with van der Waals surface area (Å²) in [6.45, 7) is 4.47. The zero-order chi connectivity index (χ0) is 21.6. The molecule has 0 atom stereocenters. The van der Waals surface area contributed by atoms with Gasteiger partial charge in [0.2, 0.25) is 0 Å². The Kier molecular flexibility index (Phi) is 4.89. The van der Waals surface area contributed by atoms with Gasteiger partial charge in [-0.15, -0.1) is 0 Å². The van der Waals surface area contributed by atoms with E-state index in [2.05, 4.69) is 44.2 Å². The van der Waals surface area contributed by atoms with Crippen LogP contribution < -0.4 is 0 Å². The topological polar surface area (TPSA) is 34.1 Å². The molecule has 0 N–H and O–H groups in total. The lowest BCUT2D eigenvalue weighted by Gasteiger charge is -2.33. The summed E-state index contributed by atoms with van der Waals surface area (Å²) >= 11 is 0. The summed E-state index contributed by atoms with van der Waals surface area (Å²) in [6, 6.07) is 20.0. The van der Waals surface area contributed by atoms with Crippen LogP contribution in [0.2, 0.25) is 0 Å². The standard InChI is InChI=1S/C29H28O2/c1-3-5-15-29(16-6-4-2)25-14-10-9-11-19(25)22-17-23-24(18-26(22)29)28(31)21-13-8-7-12-20(21)27(23)30/h7-14,17-18H,3-6,15-16H2,1-2H3. The van der Waals surface area contributed by atoms with Gasteiger partial charge in [-0.3, -0.25) is 9.59 Å². The number of hydrogen-bond donors (Lipinski definition) is 0. The molecule has 5 rings (SSSR count). The van der Waals surface area contributed by atoms with Gasteiger partial charge in [0, 0.05) is 27.7 Å². The normalized spacial score (nSPS) is 15.3. The third kappa shape index (κ3) is 2.85. The van der Waals surface area contributed by atoms with E-state index in [1.165, 1.54) is 16.7 Å². The highest BCUT2D eigenvalue weighted by Gasteiger charge is 2.44. The molecule has 0 heterocycles. The van der Waals surface area contributed by atoms with Gasteiger partial charge in [0.15, 0.2) is 11.6 Å². The van der Waals surface area contributed by atoms with Crippen molar-refractivity contribution < 1.29 is 9.59 Å². The maximum Gasteiger partial charge on any atom is 0.194 e. The molecule has 0 aromatic heterocycles. The maximum absolute atomic E-state index is 13.4. The van der Waals surface area contributed by atoms with Crippen LogP contribution in [-0.4, -0.2) is 11.6 Å². The first-order valence-electron chi connectivity index (χ1n) is 11.6. The van der Waals surface area contributed by atoms with Crippen molar-refractivity contribution in [2.24, 2.45) is 0 Å². The Morgan fingerprint density at radius 3 is 1.68 bits per heavy atom. The molecule has 2 aliphatic rings. The molecule has 0 bridgehead atoms. The van der Waals surface area contributed by atoms with Crippen molar-refractivity contribution in [2.75, 3.05) is 0 Å². The Labute approximate surface area is 184 Å². The number of hydrogen-bond acceptors (Lipinski definition) is 2. The number of carbonyl (C=O) groups excluding carboxylic acids is 2. The van der Waals surface area contributed by atoms with Gasteiger partial charge in [-0.1, -0.05) is 88.1 Å². The number of benzene rings is 3. The molecular weight excluding hydrogens is 380 g/mol. The quantitative estimate of drug-likeness (QED) is 0.341. The summed E-state index contributed by atoms with van der Waals surface area (Å²) in [5.41, 5.74) is 7.09. The third-order valence-electron chi connectivity index (χ3n) is 7.23. The minimum absolute atomic E-state index is 0.0242. The molecule has 0 aliphatic heterocycles. The summed E-state index contributed by atoms with van der Waals surface area (Å²) in [5, 5.41) is 0. The van der Waals surface area contributed by atoms with Crippen molar-refractivity contribution in [2.45, 2.75) is 57.8 Å². The van der Waals surface area contributed by atoms with Gasteiger partial charge < -0.3 is 0 Å². The molecule has 31 heavy (non-hydrogen) atoms. The minimum atomic E-state index is -0.0761. The highest BCUT2D eigenvalue weighted by molar-refractivity contribution is 6.28. The second-order valence-corrected chi connectivity index (χ2v) is 8.98. The van der Waals surface area contributed by atoms with E-state index in [0.717, 1.165) is 44.1 Å². The van der Waals surface area contributed by atoms with Crippen LogP contribution in [0.1, 0.15) is 95.3 Å². The fraction of sp³-hybridized carbons (Fsp3) is 0.310. The van der Waals surface area contributed by atoms with Crippen LogP contribution in [0.4, 0.5) is 0 Å². The lowest BCUT2D eigenvalue weighted by molar-refractivity contribution is 0.0979. The van der Waals surface area contributed by atoms with Crippen LogP contribution in [0, 0.1) is 0 Å². The summed E-state index contributed by atoms with van der Waals surface area (Å²) < 4.78 is 0. The lowest BCUT2D eigenvalue weighted by Crippen LogP contribution is -2.27. The van der Waals surface area contributed by atoms with Gasteiger partial charge in [0.1, 0.15) is 0 Å². The summed E-state index contributed by atoms with van der Waals surface area (Å²) in [4.78, 5) is 26.7. The van der Waals surface area contributed by atoms with Crippen LogP contribution in [0.15, 0.2) is 60.7 Å². The van der Waals surface area contributed by atoms with E-state index in [9.17, 15) is 9.59 Å². The smallest absolute Gasteiger partial charge is 0.194 e. The zero-order valence-electron chi connectivity index (χ0n) is 18.3. The Morgan fingerprint density at radius 1 is 0.581 bits per heavy atom. The molecule has 0 saturated heterocycles. The molecule has 156 valence electrons. The molecule has 0 unspecified atom stereocenters. The van der Waals surface area contributed by atoms with Crippen LogP contribution in [-0.2, 0) is 5.41 Å². The molecule has 0 spiro atoms. The first-order chi connectivity index (χ1) is 15.1. The van der Waals surface area contributed by atoms with Crippen LogP contribution in [0.25, 0.3) is 11.1 Å². The predicted molar refractivity (Wildman–Crippen MR) is 125 cm³/mol. The van der Waals surface area contributed by atoms with Crippen molar-refractivity contribution in [3.05, 3.63) is 94.0 Å². The van der Waals surface area contributed by atoms with E-state index in [1.807, 2.05) is 18.2 Å². The van der Waals surface area contributed by atoms with Crippen molar-refractivity contribution in [1.82, 2.24) is 0 Å². The number of carbonyl (C=O) groups is 2. The molecule has 0 radical (unpaired) electrons. The second kappa shape index (κ2) is 7.60. The van der Waals surface area contributed by atoms with Crippen molar-refractivity contribution in [3.8, 4) is 11.1 Å². The molecule has 3 aromatic rings. The average Bonchev–Trinajstić information content (AvgIpc) is 3.08. The summed E-state index contributed by atoms with van der Waals surface area (Å²) in [7, 11) is 0. The molecule has 0 amide bonds. The van der Waals surface area contributed by atoms with Gasteiger partial charge in [-0.05, 0) is 47.2 Å². The number of rotatable bonds is 6. The maximum atomic E-state index is 13.4. The zero-order valence-corrected chi connectivity index (χ0v) is 18.3. The lowest BCUT2D eigenvalue weighted by atomic mass is 9.70. The second-order valence-electron chi connectivity index (χ2n) is 8.98. The van der Waals surface area contributed by atoms with E-state index in [-0.39, 0.29) is 17.0 Å². The molecule has 2 aliphatic carbocycles. The predicted octanol–water partition coefficient (Wildman–Crippen LogP) is 7.11. The summed E-state index contributed by atoms with van der Waals surface area (Å²) in [6.07, 6.45) is 6.72. The van der Waals surface area contributed by atoms with Crippen molar-refractivity contribution >= 4 is 11.6 Å². The Morgan fingerprint density at radius 2 is 1.10 bits per heavy atom. The molecule has 0 fully saturated rings. The first-order valence-corrected chi connectivity index (χ1v) is 11.6. The van der Waals surface area contributed by atoms with Crippen LogP contribution >= 0.6 is 0 Å². The van der Waals surface area contributed by atoms with Gasteiger partial charge in [-0.25, -0.2) is 0 Å². The molecule has 2 heteroatoms. The fourth-order valence-electron chi connectivity index (χ4n) is 5.66. The van der Waals surface area contributed by atoms with Gasteiger partial charge >= 0.3 is 0 Å². The Balaban J connectivity index is 1.77. The summed E-state index contributed by atoms with van der Waals surface area (Å²) in [5.74, 6) is -0.0612. The number of fused-ring (bicyclic) bond motifs is 5. The molecular formula is C29H28O2. The van der Waals surface area contributed by atoms with E-state index in [1.54, 1.807) is 12.1 Å². The van der Waals surface area contributed by atoms with Crippen LogP contribution in [0.5, 0.6) is 0 Å². The average molecular weight is 409 g/mol. The highest BCUT2D eigenvalue weighted by Crippen LogP contribution is 2.55. The Bertz CT molecular complexity index is 1190.